The molecule has 0 saturated heterocycles. The van der Waals surface area contributed by atoms with Crippen LogP contribution in [0.1, 0.15) is 23.3 Å². The number of primary amides is 1. The molecule has 1 aromatic carbocycles. The van der Waals surface area contributed by atoms with Crippen molar-refractivity contribution in [3.05, 3.63) is 42.1 Å². The van der Waals surface area contributed by atoms with Gasteiger partial charge in [-0.05, 0) is 18.2 Å². The molecule has 2 rings (SSSR count). The Morgan fingerprint density at radius 3 is 2.60 bits per heavy atom. The van der Waals surface area contributed by atoms with E-state index < -0.39 is 6.03 Å². The van der Waals surface area contributed by atoms with Crippen molar-refractivity contribution in [2.75, 3.05) is 10.6 Å². The fraction of sp³-hybridized carbons (Fsp3) is 0.154. The first-order chi connectivity index (χ1) is 9.58. The van der Waals surface area contributed by atoms with Gasteiger partial charge in [-0.3, -0.25) is 4.79 Å². The number of nitrogens with zero attached hydrogens (tertiary/aromatic N) is 1. The Balaban J connectivity index is 2.09. The lowest BCUT2D eigenvalue weighted by Crippen LogP contribution is -2.19. The molecule has 0 atom stereocenters. The summed E-state index contributed by atoms with van der Waals surface area (Å²) >= 11 is 0. The van der Waals surface area contributed by atoms with Gasteiger partial charge < -0.3 is 20.8 Å². The molecule has 0 spiro atoms. The minimum Gasteiger partial charge on any atom is -0.448 e. The Hall–Kier alpha value is -2.83. The summed E-state index contributed by atoms with van der Waals surface area (Å²) in [5.74, 6) is 0.115. The van der Waals surface area contributed by atoms with Gasteiger partial charge in [0.25, 0.3) is 5.91 Å². The van der Waals surface area contributed by atoms with Crippen molar-refractivity contribution >= 4 is 23.3 Å². The second-order valence-electron chi connectivity index (χ2n) is 4.00. The molecule has 0 bridgehead atoms. The van der Waals surface area contributed by atoms with Gasteiger partial charge in [-0.1, -0.05) is 13.0 Å². The molecule has 0 unspecified atom stereocenters. The van der Waals surface area contributed by atoms with Crippen molar-refractivity contribution in [3.8, 4) is 0 Å². The van der Waals surface area contributed by atoms with Crippen molar-refractivity contribution in [1.29, 1.82) is 0 Å². The molecule has 1 aromatic heterocycles. The largest absolute Gasteiger partial charge is 0.448 e. The third-order valence-corrected chi connectivity index (χ3v) is 2.47. The molecule has 7 heteroatoms. The van der Waals surface area contributed by atoms with E-state index in [4.69, 9.17) is 10.2 Å². The third-order valence-electron chi connectivity index (χ3n) is 2.47. The number of urea groups is 1. The SMILES string of the molecule is CCc1nc(C(=O)Nc2cccc(NC(N)=O)c2)co1. The number of nitrogens with two attached hydrogens (primary N) is 1. The lowest BCUT2D eigenvalue weighted by molar-refractivity contribution is 0.102. The zero-order chi connectivity index (χ0) is 14.5. The molecule has 0 aliphatic rings. The molecule has 3 amide bonds. The van der Waals surface area contributed by atoms with E-state index in [1.165, 1.54) is 6.26 Å². The van der Waals surface area contributed by atoms with E-state index >= 15 is 0 Å². The van der Waals surface area contributed by atoms with Crippen LogP contribution in [0.2, 0.25) is 0 Å². The molecule has 4 N–H and O–H groups in total. The number of nitrogens with one attached hydrogen (secondary N) is 2. The number of hydrogen-bond donors (Lipinski definition) is 3. The quantitative estimate of drug-likeness (QED) is 0.791. The number of benzene rings is 1. The van der Waals surface area contributed by atoms with E-state index in [0.717, 1.165) is 0 Å². The lowest BCUT2D eigenvalue weighted by Gasteiger charge is -2.06. The van der Waals surface area contributed by atoms with E-state index in [1.807, 2.05) is 6.92 Å². The molecule has 2 aromatic rings. The van der Waals surface area contributed by atoms with Gasteiger partial charge in [0.05, 0.1) is 0 Å². The molecule has 7 nitrogen and oxygen atoms in total. The summed E-state index contributed by atoms with van der Waals surface area (Å²) in [5, 5.41) is 5.08. The highest BCUT2D eigenvalue weighted by molar-refractivity contribution is 6.03. The van der Waals surface area contributed by atoms with Crippen LogP contribution in [0.15, 0.2) is 34.9 Å². The standard InChI is InChI=1S/C13H14N4O3/c1-2-11-17-10(7-20-11)12(18)15-8-4-3-5-9(6-8)16-13(14)19/h3-7H,2H2,1H3,(H,15,18)(H3,14,16,19). The Morgan fingerprint density at radius 1 is 1.30 bits per heavy atom. The van der Waals surface area contributed by atoms with Gasteiger partial charge in [0.2, 0.25) is 0 Å². The van der Waals surface area contributed by atoms with Gasteiger partial charge in [0, 0.05) is 17.8 Å². The number of hydrogen-bond acceptors (Lipinski definition) is 4. The predicted molar refractivity (Wildman–Crippen MR) is 73.5 cm³/mol. The minimum atomic E-state index is -0.669. The maximum atomic E-state index is 11.9. The van der Waals surface area contributed by atoms with Crippen molar-refractivity contribution < 1.29 is 14.0 Å². The molecule has 0 radical (unpaired) electrons. The maximum absolute atomic E-state index is 11.9. The minimum absolute atomic E-state index is 0.204. The van der Waals surface area contributed by atoms with Crippen molar-refractivity contribution in [2.45, 2.75) is 13.3 Å². The summed E-state index contributed by atoms with van der Waals surface area (Å²) in [7, 11) is 0. The van der Waals surface area contributed by atoms with Crippen LogP contribution >= 0.6 is 0 Å². The highest BCUT2D eigenvalue weighted by Gasteiger charge is 2.11. The van der Waals surface area contributed by atoms with Crippen molar-refractivity contribution in [1.82, 2.24) is 4.98 Å². The number of oxazole rings is 1. The van der Waals surface area contributed by atoms with Crippen LogP contribution < -0.4 is 16.4 Å². The van der Waals surface area contributed by atoms with Crippen LogP contribution in [-0.4, -0.2) is 16.9 Å². The number of carbonyl (C=O) groups excluding carboxylic acids is 2. The van der Waals surface area contributed by atoms with E-state index in [0.29, 0.717) is 23.7 Å². The van der Waals surface area contributed by atoms with Crippen LogP contribution in [0, 0.1) is 0 Å². The molecule has 1 heterocycles. The molecular weight excluding hydrogens is 260 g/mol. The Kier molecular flexibility index (Phi) is 3.99. The highest BCUT2D eigenvalue weighted by Crippen LogP contribution is 2.16. The monoisotopic (exact) mass is 274 g/mol. The van der Waals surface area contributed by atoms with E-state index in [2.05, 4.69) is 15.6 Å². The first kappa shape index (κ1) is 13.6. The summed E-state index contributed by atoms with van der Waals surface area (Å²) in [6.45, 7) is 1.88. The zero-order valence-corrected chi connectivity index (χ0v) is 10.8. The third kappa shape index (κ3) is 3.35. The van der Waals surface area contributed by atoms with Crippen LogP contribution in [0.3, 0.4) is 0 Å². The van der Waals surface area contributed by atoms with Crippen molar-refractivity contribution in [3.63, 3.8) is 0 Å². The number of carbonyl (C=O) groups is 2. The molecule has 0 aliphatic heterocycles. The average molecular weight is 274 g/mol. The molecule has 0 saturated carbocycles. The highest BCUT2D eigenvalue weighted by atomic mass is 16.3. The maximum Gasteiger partial charge on any atom is 0.316 e. The number of aromatic nitrogens is 1. The molecular formula is C13H14N4O3. The Morgan fingerprint density at radius 2 is 2.00 bits per heavy atom. The smallest absolute Gasteiger partial charge is 0.316 e. The number of anilines is 2. The van der Waals surface area contributed by atoms with Gasteiger partial charge >= 0.3 is 6.03 Å². The summed E-state index contributed by atoms with van der Waals surface area (Å²) < 4.78 is 5.10. The van der Waals surface area contributed by atoms with Crippen LogP contribution in [0.4, 0.5) is 16.2 Å². The summed E-state index contributed by atoms with van der Waals surface area (Å²) in [6, 6.07) is 5.94. The summed E-state index contributed by atoms with van der Waals surface area (Å²) in [5.41, 5.74) is 6.24. The Bertz CT molecular complexity index is 636. The fourth-order valence-electron chi connectivity index (χ4n) is 1.59. The van der Waals surface area contributed by atoms with Crippen LogP contribution in [0.25, 0.3) is 0 Å². The fourth-order valence-corrected chi connectivity index (χ4v) is 1.59. The van der Waals surface area contributed by atoms with Crippen molar-refractivity contribution in [2.24, 2.45) is 5.73 Å². The predicted octanol–water partition coefficient (Wildman–Crippen LogP) is 1.98. The molecule has 0 aliphatic carbocycles. The molecule has 0 fully saturated rings. The molecule has 20 heavy (non-hydrogen) atoms. The topological polar surface area (TPSA) is 110 Å². The van der Waals surface area contributed by atoms with Gasteiger partial charge in [-0.2, -0.15) is 0 Å². The first-order valence-electron chi connectivity index (χ1n) is 6.00. The zero-order valence-electron chi connectivity index (χ0n) is 10.8. The lowest BCUT2D eigenvalue weighted by atomic mass is 10.2. The van der Waals surface area contributed by atoms with E-state index in [9.17, 15) is 9.59 Å². The summed E-state index contributed by atoms with van der Waals surface area (Å²) in [6.07, 6.45) is 1.92. The van der Waals surface area contributed by atoms with Gasteiger partial charge in [-0.25, -0.2) is 9.78 Å². The number of rotatable bonds is 4. The number of amides is 3. The van der Waals surface area contributed by atoms with Gasteiger partial charge in [0.15, 0.2) is 11.6 Å². The van der Waals surface area contributed by atoms with Crippen LogP contribution in [-0.2, 0) is 6.42 Å². The van der Waals surface area contributed by atoms with Gasteiger partial charge in [-0.15, -0.1) is 0 Å². The summed E-state index contributed by atoms with van der Waals surface area (Å²) in [4.78, 5) is 26.7. The second kappa shape index (κ2) is 5.87. The van der Waals surface area contributed by atoms with Crippen LogP contribution in [0.5, 0.6) is 0 Å². The first-order valence-corrected chi connectivity index (χ1v) is 6.00. The van der Waals surface area contributed by atoms with Gasteiger partial charge in [0.1, 0.15) is 6.26 Å². The molecule has 104 valence electrons. The normalized spacial score (nSPS) is 10.1. The Labute approximate surface area is 115 Å². The van der Waals surface area contributed by atoms with E-state index in [1.54, 1.807) is 24.3 Å². The number of aryl methyl sites for hydroxylation is 1. The second-order valence-corrected chi connectivity index (χ2v) is 4.00. The van der Waals surface area contributed by atoms with E-state index in [-0.39, 0.29) is 11.6 Å². The average Bonchev–Trinajstić information content (AvgIpc) is 2.87.